The molecule has 0 fully saturated rings. The van der Waals surface area contributed by atoms with Gasteiger partial charge in [0.1, 0.15) is 11.2 Å². The van der Waals surface area contributed by atoms with Crippen molar-refractivity contribution in [3.05, 3.63) is 27.1 Å². The van der Waals surface area contributed by atoms with Crippen molar-refractivity contribution in [2.24, 2.45) is 0 Å². The highest BCUT2D eigenvalue weighted by atomic mass is 32.1. The first-order valence-corrected chi connectivity index (χ1v) is 6.14. The van der Waals surface area contributed by atoms with Gasteiger partial charge in [0.15, 0.2) is 5.82 Å². The number of nitro groups is 1. The predicted molar refractivity (Wildman–Crippen MR) is 66.3 cm³/mol. The maximum absolute atomic E-state index is 10.8. The normalized spacial score (nSPS) is 10.7. The van der Waals surface area contributed by atoms with Crippen LogP contribution in [0.15, 0.2) is 6.20 Å². The molecule has 0 aromatic carbocycles. The molecular weight excluding hydrogens is 256 g/mol. The number of rotatable bonds is 5. The van der Waals surface area contributed by atoms with Crippen LogP contribution in [0, 0.1) is 17.0 Å². The van der Waals surface area contributed by atoms with E-state index in [0.717, 1.165) is 11.4 Å². The Labute approximate surface area is 107 Å². The van der Waals surface area contributed by atoms with Gasteiger partial charge < -0.3 is 15.8 Å². The third-order valence-electron chi connectivity index (χ3n) is 2.48. The van der Waals surface area contributed by atoms with Crippen molar-refractivity contribution < 1.29 is 4.92 Å². The van der Waals surface area contributed by atoms with Crippen LogP contribution >= 0.6 is 11.3 Å². The summed E-state index contributed by atoms with van der Waals surface area (Å²) in [4.78, 5) is 14.3. The standard InChI is InChI=1S/C9H12N6O2S/c1-6-11-5-8(15(16)17)14(6)4-2-3-7-12-13-9(10)18-7/h5H,2-4H2,1H3,(H2,10,13). The van der Waals surface area contributed by atoms with E-state index in [1.165, 1.54) is 17.5 Å². The average Bonchev–Trinajstić information content (AvgIpc) is 2.87. The highest BCUT2D eigenvalue weighted by molar-refractivity contribution is 7.15. The van der Waals surface area contributed by atoms with E-state index in [-0.39, 0.29) is 5.82 Å². The number of nitrogens with zero attached hydrogens (tertiary/aromatic N) is 5. The van der Waals surface area contributed by atoms with Crippen LogP contribution in [0.2, 0.25) is 0 Å². The van der Waals surface area contributed by atoms with Crippen molar-refractivity contribution in [3.8, 4) is 0 Å². The Kier molecular flexibility index (Phi) is 3.51. The fourth-order valence-corrected chi connectivity index (χ4v) is 2.29. The summed E-state index contributed by atoms with van der Waals surface area (Å²) < 4.78 is 1.59. The molecule has 0 unspecified atom stereocenters. The van der Waals surface area contributed by atoms with Crippen molar-refractivity contribution in [1.29, 1.82) is 0 Å². The second kappa shape index (κ2) is 5.08. The van der Waals surface area contributed by atoms with Crippen LogP contribution in [-0.4, -0.2) is 24.7 Å². The zero-order chi connectivity index (χ0) is 13.1. The van der Waals surface area contributed by atoms with Gasteiger partial charge in [-0.25, -0.2) is 9.55 Å². The van der Waals surface area contributed by atoms with E-state index >= 15 is 0 Å². The highest BCUT2D eigenvalue weighted by Crippen LogP contribution is 2.17. The molecule has 0 aliphatic rings. The Bertz CT molecular complexity index is 563. The molecule has 0 aliphatic carbocycles. The molecule has 0 atom stereocenters. The molecule has 0 radical (unpaired) electrons. The van der Waals surface area contributed by atoms with E-state index in [4.69, 9.17) is 5.73 Å². The van der Waals surface area contributed by atoms with Gasteiger partial charge in [-0.1, -0.05) is 11.3 Å². The molecule has 8 nitrogen and oxygen atoms in total. The minimum Gasteiger partial charge on any atom is -0.374 e. The summed E-state index contributed by atoms with van der Waals surface area (Å²) in [5, 5.41) is 19.7. The third-order valence-corrected chi connectivity index (χ3v) is 3.29. The lowest BCUT2D eigenvalue weighted by atomic mass is 10.3. The zero-order valence-electron chi connectivity index (χ0n) is 9.74. The number of imidazole rings is 1. The SMILES string of the molecule is Cc1ncc([N+](=O)[O-])n1CCCc1nnc(N)s1. The van der Waals surface area contributed by atoms with Gasteiger partial charge in [0.2, 0.25) is 5.13 Å². The van der Waals surface area contributed by atoms with Gasteiger partial charge in [-0.3, -0.25) is 0 Å². The molecule has 0 spiro atoms. The van der Waals surface area contributed by atoms with Crippen molar-refractivity contribution in [3.63, 3.8) is 0 Å². The number of aromatic nitrogens is 4. The quantitative estimate of drug-likeness (QED) is 0.643. The lowest BCUT2D eigenvalue weighted by Crippen LogP contribution is -2.06. The molecule has 0 saturated heterocycles. The number of anilines is 1. The lowest BCUT2D eigenvalue weighted by molar-refractivity contribution is -0.392. The molecule has 2 aromatic heterocycles. The molecular formula is C9H12N6O2S. The molecule has 2 heterocycles. The van der Waals surface area contributed by atoms with E-state index in [1.54, 1.807) is 11.5 Å². The van der Waals surface area contributed by atoms with Crippen molar-refractivity contribution in [1.82, 2.24) is 19.7 Å². The molecule has 0 saturated carbocycles. The highest BCUT2D eigenvalue weighted by Gasteiger charge is 2.16. The van der Waals surface area contributed by atoms with E-state index < -0.39 is 4.92 Å². The van der Waals surface area contributed by atoms with Crippen LogP contribution in [0.4, 0.5) is 10.9 Å². The Morgan fingerprint density at radius 1 is 1.56 bits per heavy atom. The van der Waals surface area contributed by atoms with Crippen molar-refractivity contribution >= 4 is 22.3 Å². The first kappa shape index (κ1) is 12.4. The number of nitrogens with two attached hydrogens (primary N) is 1. The molecule has 2 N–H and O–H groups in total. The summed E-state index contributed by atoms with van der Waals surface area (Å²) in [6.45, 7) is 2.28. The van der Waals surface area contributed by atoms with E-state index in [2.05, 4.69) is 15.2 Å². The molecule has 2 rings (SSSR count). The predicted octanol–water partition coefficient (Wildman–Crippen LogP) is 1.17. The Morgan fingerprint density at radius 3 is 2.94 bits per heavy atom. The second-order valence-corrected chi connectivity index (χ2v) is 4.80. The van der Waals surface area contributed by atoms with Gasteiger partial charge in [0, 0.05) is 13.3 Å². The van der Waals surface area contributed by atoms with Gasteiger partial charge in [0.25, 0.3) is 0 Å². The summed E-state index contributed by atoms with van der Waals surface area (Å²) in [5.41, 5.74) is 5.47. The molecule has 0 aliphatic heterocycles. The topological polar surface area (TPSA) is 113 Å². The van der Waals surface area contributed by atoms with Crippen LogP contribution in [0.3, 0.4) is 0 Å². The molecule has 9 heteroatoms. The van der Waals surface area contributed by atoms with Crippen molar-refractivity contribution in [2.45, 2.75) is 26.3 Å². The summed E-state index contributed by atoms with van der Waals surface area (Å²) in [7, 11) is 0. The Morgan fingerprint density at radius 2 is 2.33 bits per heavy atom. The lowest BCUT2D eigenvalue weighted by Gasteiger charge is -2.01. The fraction of sp³-hybridized carbons (Fsp3) is 0.444. The largest absolute Gasteiger partial charge is 0.374 e. The van der Waals surface area contributed by atoms with Crippen LogP contribution in [0.25, 0.3) is 0 Å². The molecule has 18 heavy (non-hydrogen) atoms. The second-order valence-electron chi connectivity index (χ2n) is 3.71. The van der Waals surface area contributed by atoms with E-state index in [0.29, 0.717) is 23.9 Å². The zero-order valence-corrected chi connectivity index (χ0v) is 10.6. The van der Waals surface area contributed by atoms with Gasteiger partial charge >= 0.3 is 5.82 Å². The minimum atomic E-state index is -0.428. The van der Waals surface area contributed by atoms with Gasteiger partial charge in [-0.2, -0.15) is 0 Å². The van der Waals surface area contributed by atoms with Crippen LogP contribution in [-0.2, 0) is 13.0 Å². The monoisotopic (exact) mass is 268 g/mol. The van der Waals surface area contributed by atoms with Gasteiger partial charge in [0.05, 0.1) is 6.54 Å². The Hall–Kier alpha value is -2.03. The Balaban J connectivity index is 1.98. The molecule has 0 bridgehead atoms. The molecule has 0 amide bonds. The fourth-order valence-electron chi connectivity index (χ4n) is 1.63. The maximum Gasteiger partial charge on any atom is 0.342 e. The molecule has 96 valence electrons. The molecule has 2 aromatic rings. The van der Waals surface area contributed by atoms with Gasteiger partial charge in [-0.05, 0) is 11.3 Å². The first-order chi connectivity index (χ1) is 8.58. The third kappa shape index (κ3) is 2.62. The minimum absolute atomic E-state index is 0.0178. The number of nitrogen functional groups attached to an aromatic ring is 1. The maximum atomic E-state index is 10.8. The van der Waals surface area contributed by atoms with Crippen LogP contribution < -0.4 is 5.73 Å². The summed E-state index contributed by atoms with van der Waals surface area (Å²) >= 11 is 1.34. The van der Waals surface area contributed by atoms with Gasteiger partial charge in [-0.15, -0.1) is 10.2 Å². The van der Waals surface area contributed by atoms with Crippen molar-refractivity contribution in [2.75, 3.05) is 5.73 Å². The number of hydrogen-bond donors (Lipinski definition) is 1. The van der Waals surface area contributed by atoms with Crippen LogP contribution in [0.5, 0.6) is 0 Å². The van der Waals surface area contributed by atoms with E-state index in [1.807, 2.05) is 0 Å². The number of hydrogen-bond acceptors (Lipinski definition) is 7. The summed E-state index contributed by atoms with van der Waals surface area (Å²) in [6, 6.07) is 0. The average molecular weight is 268 g/mol. The smallest absolute Gasteiger partial charge is 0.342 e. The first-order valence-electron chi connectivity index (χ1n) is 5.32. The summed E-state index contributed by atoms with van der Waals surface area (Å²) in [5.74, 6) is 0.655. The summed E-state index contributed by atoms with van der Waals surface area (Å²) in [6.07, 6.45) is 2.70. The van der Waals surface area contributed by atoms with Crippen LogP contribution in [0.1, 0.15) is 17.3 Å². The van der Waals surface area contributed by atoms with E-state index in [9.17, 15) is 10.1 Å². The number of aryl methyl sites for hydroxylation is 2.